The number of carboxylic acids is 1. The number of carbonyl (C=O) groups is 1. The number of pyridine rings is 1. The highest BCUT2D eigenvalue weighted by atomic mass is 32.2. The van der Waals surface area contributed by atoms with Gasteiger partial charge in [0.25, 0.3) is 10.0 Å². The van der Waals surface area contributed by atoms with Crippen LogP contribution in [0.1, 0.15) is 17.3 Å². The largest absolute Gasteiger partial charge is 0.481 e. The topological polar surface area (TPSA) is 124 Å². The van der Waals surface area contributed by atoms with Gasteiger partial charge in [-0.1, -0.05) is 5.92 Å². The van der Waals surface area contributed by atoms with Crippen LogP contribution in [0.3, 0.4) is 0 Å². The zero-order valence-electron chi connectivity index (χ0n) is 15.3. The lowest BCUT2D eigenvalue weighted by atomic mass is 10.2. The third-order valence-electron chi connectivity index (χ3n) is 3.45. The van der Waals surface area contributed by atoms with Crippen molar-refractivity contribution in [3.8, 4) is 29.4 Å². The number of hydrogen-bond acceptors (Lipinski definition) is 7. The van der Waals surface area contributed by atoms with E-state index in [4.69, 9.17) is 14.2 Å². The summed E-state index contributed by atoms with van der Waals surface area (Å²) < 4.78 is 42.9. The summed E-state index contributed by atoms with van der Waals surface area (Å²) >= 11 is 0. The molecule has 10 heteroatoms. The Morgan fingerprint density at radius 1 is 1.21 bits per heavy atom. The van der Waals surface area contributed by atoms with Gasteiger partial charge in [0.1, 0.15) is 18.0 Å². The molecular weight excluding hydrogens is 388 g/mol. The summed E-state index contributed by atoms with van der Waals surface area (Å²) in [5.74, 6) is 4.20. The molecule has 0 atom stereocenters. The van der Waals surface area contributed by atoms with Crippen LogP contribution in [0.5, 0.6) is 17.5 Å². The molecule has 0 saturated carbocycles. The van der Waals surface area contributed by atoms with E-state index >= 15 is 0 Å². The number of aromatic carboxylic acids is 1. The fourth-order valence-electron chi connectivity index (χ4n) is 2.12. The first kappa shape index (κ1) is 20.9. The number of rotatable bonds is 8. The van der Waals surface area contributed by atoms with Gasteiger partial charge in [-0.05, 0) is 31.2 Å². The van der Waals surface area contributed by atoms with E-state index in [1.54, 1.807) is 6.92 Å². The number of ether oxygens (including phenoxy) is 3. The maximum atomic E-state index is 12.7. The number of nitrogens with one attached hydrogen (secondary N) is 1. The van der Waals surface area contributed by atoms with E-state index in [9.17, 15) is 18.3 Å². The van der Waals surface area contributed by atoms with Crippen molar-refractivity contribution in [1.82, 2.24) is 4.98 Å². The van der Waals surface area contributed by atoms with Crippen LogP contribution in [-0.2, 0) is 10.0 Å². The molecule has 0 amide bonds. The van der Waals surface area contributed by atoms with E-state index in [1.807, 2.05) is 0 Å². The van der Waals surface area contributed by atoms with Crippen molar-refractivity contribution < 1.29 is 32.5 Å². The van der Waals surface area contributed by atoms with Gasteiger partial charge in [-0.2, -0.15) is 4.98 Å². The first-order valence-electron chi connectivity index (χ1n) is 7.84. The highest BCUT2D eigenvalue weighted by Crippen LogP contribution is 2.32. The van der Waals surface area contributed by atoms with Gasteiger partial charge in [0.15, 0.2) is 0 Å². The average Bonchev–Trinajstić information content (AvgIpc) is 2.68. The fraction of sp³-hybridized carbons (Fsp3) is 0.222. The maximum Gasteiger partial charge on any atom is 0.338 e. The number of hydrogen-bond donors (Lipinski definition) is 2. The Morgan fingerprint density at radius 2 is 1.89 bits per heavy atom. The van der Waals surface area contributed by atoms with Crippen LogP contribution in [0.25, 0.3) is 0 Å². The zero-order chi connectivity index (χ0) is 20.7. The Hall–Kier alpha value is -3.45. The predicted molar refractivity (Wildman–Crippen MR) is 100 cm³/mol. The lowest BCUT2D eigenvalue weighted by Crippen LogP contribution is -2.17. The lowest BCUT2D eigenvalue weighted by Gasteiger charge is -2.15. The van der Waals surface area contributed by atoms with Crippen molar-refractivity contribution in [2.45, 2.75) is 11.8 Å². The molecule has 1 heterocycles. The van der Waals surface area contributed by atoms with Crippen LogP contribution < -0.4 is 18.9 Å². The molecule has 1 aromatic heterocycles. The van der Waals surface area contributed by atoms with Gasteiger partial charge < -0.3 is 19.3 Å². The van der Waals surface area contributed by atoms with Crippen molar-refractivity contribution in [2.75, 3.05) is 25.5 Å². The predicted octanol–water partition coefficient (Wildman–Crippen LogP) is 2.00. The van der Waals surface area contributed by atoms with Crippen LogP contribution in [0.15, 0.2) is 35.2 Å². The van der Waals surface area contributed by atoms with Crippen LogP contribution in [0.2, 0.25) is 0 Å². The molecule has 0 bridgehead atoms. The second kappa shape index (κ2) is 8.96. The van der Waals surface area contributed by atoms with E-state index in [1.165, 1.54) is 38.5 Å². The number of aromatic nitrogens is 1. The Kier molecular flexibility index (Phi) is 6.68. The summed E-state index contributed by atoms with van der Waals surface area (Å²) in [6.45, 7) is 1.86. The van der Waals surface area contributed by atoms with Crippen molar-refractivity contribution in [2.24, 2.45) is 0 Å². The second-order valence-electron chi connectivity index (χ2n) is 5.19. The first-order chi connectivity index (χ1) is 13.3. The van der Waals surface area contributed by atoms with Gasteiger partial charge >= 0.3 is 5.97 Å². The molecule has 0 aliphatic heterocycles. The molecule has 0 saturated heterocycles. The molecule has 0 fully saturated rings. The highest BCUT2D eigenvalue weighted by Gasteiger charge is 2.24. The molecule has 0 spiro atoms. The van der Waals surface area contributed by atoms with E-state index in [-0.39, 0.29) is 34.5 Å². The monoisotopic (exact) mass is 406 g/mol. The number of methoxy groups -OCH3 is 2. The van der Waals surface area contributed by atoms with Gasteiger partial charge in [0.2, 0.25) is 11.8 Å². The molecule has 0 aliphatic carbocycles. The van der Waals surface area contributed by atoms with Crippen molar-refractivity contribution in [3.63, 3.8) is 0 Å². The Morgan fingerprint density at radius 3 is 2.43 bits per heavy atom. The molecule has 9 nitrogen and oxygen atoms in total. The summed E-state index contributed by atoms with van der Waals surface area (Å²) in [4.78, 5) is 15.4. The third-order valence-corrected chi connectivity index (χ3v) is 4.82. The van der Waals surface area contributed by atoms with Gasteiger partial charge in [-0.15, -0.1) is 5.92 Å². The minimum atomic E-state index is -4.12. The zero-order valence-corrected chi connectivity index (χ0v) is 16.2. The molecule has 1 aromatic carbocycles. The fourth-order valence-corrected chi connectivity index (χ4v) is 3.20. The Labute approximate surface area is 162 Å². The molecule has 0 aliphatic rings. The Bertz CT molecular complexity index is 1020. The molecule has 0 radical (unpaired) electrons. The number of sulfonamides is 1. The van der Waals surface area contributed by atoms with Gasteiger partial charge in [0.05, 0.1) is 24.7 Å². The van der Waals surface area contributed by atoms with E-state index in [0.717, 1.165) is 6.07 Å². The standard InChI is InChI=1S/C18H18N2O7S/c1-4-5-10-27-12-6-8-13(9-7-12)28(23,24)20-16-14(18(21)22)11-15(25-2)19-17(16)26-3/h6-9,11,20H,10H2,1-3H3,(H,21,22). The van der Waals surface area contributed by atoms with Crippen LogP contribution in [0.4, 0.5) is 5.69 Å². The van der Waals surface area contributed by atoms with Gasteiger partial charge in [0, 0.05) is 6.07 Å². The summed E-state index contributed by atoms with van der Waals surface area (Å²) in [6.07, 6.45) is 0. The smallest absolute Gasteiger partial charge is 0.338 e. The number of carboxylic acid groups (broad SMARTS) is 1. The molecular formula is C18H18N2O7S. The first-order valence-corrected chi connectivity index (χ1v) is 9.32. The third kappa shape index (κ3) is 4.83. The molecule has 2 N–H and O–H groups in total. The van der Waals surface area contributed by atoms with E-state index in [0.29, 0.717) is 5.75 Å². The van der Waals surface area contributed by atoms with Crippen molar-refractivity contribution >= 4 is 21.7 Å². The van der Waals surface area contributed by atoms with E-state index in [2.05, 4.69) is 21.5 Å². The molecule has 2 rings (SSSR count). The quantitative estimate of drug-likeness (QED) is 0.638. The SMILES string of the molecule is CC#CCOc1ccc(S(=O)(=O)Nc2c(C(=O)O)cc(OC)nc2OC)cc1. The number of benzene rings is 1. The van der Waals surface area contributed by atoms with Crippen LogP contribution in [-0.4, -0.2) is 45.3 Å². The number of anilines is 1. The van der Waals surface area contributed by atoms with Gasteiger partial charge in [-0.25, -0.2) is 13.2 Å². The van der Waals surface area contributed by atoms with Crippen LogP contribution in [0, 0.1) is 11.8 Å². The number of nitrogens with zero attached hydrogens (tertiary/aromatic N) is 1. The average molecular weight is 406 g/mol. The van der Waals surface area contributed by atoms with Crippen molar-refractivity contribution in [3.05, 3.63) is 35.9 Å². The summed E-state index contributed by atoms with van der Waals surface area (Å²) in [6, 6.07) is 6.66. The summed E-state index contributed by atoms with van der Waals surface area (Å²) in [7, 11) is -1.59. The normalized spacial score (nSPS) is 10.4. The van der Waals surface area contributed by atoms with E-state index < -0.39 is 16.0 Å². The summed E-state index contributed by atoms with van der Waals surface area (Å²) in [5, 5.41) is 9.41. The second-order valence-corrected chi connectivity index (χ2v) is 6.88. The summed E-state index contributed by atoms with van der Waals surface area (Å²) in [5.41, 5.74) is -0.681. The van der Waals surface area contributed by atoms with Gasteiger partial charge in [-0.3, -0.25) is 4.72 Å². The highest BCUT2D eigenvalue weighted by molar-refractivity contribution is 7.92. The van der Waals surface area contributed by atoms with Crippen LogP contribution >= 0.6 is 0 Å². The lowest BCUT2D eigenvalue weighted by molar-refractivity contribution is 0.0697. The molecule has 28 heavy (non-hydrogen) atoms. The van der Waals surface area contributed by atoms with Crippen molar-refractivity contribution in [1.29, 1.82) is 0 Å². The Balaban J connectivity index is 2.38. The molecule has 148 valence electrons. The minimum Gasteiger partial charge on any atom is -0.481 e. The molecule has 2 aromatic rings. The molecule has 0 unspecified atom stereocenters. The minimum absolute atomic E-state index is 0.0334. The maximum absolute atomic E-state index is 12.7.